The van der Waals surface area contributed by atoms with E-state index in [0.717, 1.165) is 12.8 Å². The second-order valence-corrected chi connectivity index (χ2v) is 3.66. The van der Waals surface area contributed by atoms with Crippen LogP contribution in [0.1, 0.15) is 33.1 Å². The van der Waals surface area contributed by atoms with E-state index in [0.29, 0.717) is 18.8 Å². The lowest BCUT2D eigenvalue weighted by Crippen LogP contribution is -2.17. The Morgan fingerprint density at radius 1 is 1.31 bits per heavy atom. The lowest BCUT2D eigenvalue weighted by molar-refractivity contribution is -0.144. The average molecular weight is 226 g/mol. The molecular formula is C12H18O4. The van der Waals surface area contributed by atoms with Gasteiger partial charge in [-0.05, 0) is 26.7 Å². The summed E-state index contributed by atoms with van der Waals surface area (Å²) in [6.07, 6.45) is 3.80. The number of carbonyl (C=O) groups excluding carboxylic acids is 2. The van der Waals surface area contributed by atoms with E-state index in [2.05, 4.69) is 0 Å². The third-order valence-electron chi connectivity index (χ3n) is 2.55. The molecule has 0 bridgehead atoms. The molecule has 0 fully saturated rings. The average Bonchev–Trinajstić information content (AvgIpc) is 2.66. The Labute approximate surface area is 95.6 Å². The van der Waals surface area contributed by atoms with Gasteiger partial charge in [0.15, 0.2) is 0 Å². The largest absolute Gasteiger partial charge is 0.466 e. The standard InChI is InChI=1S/C12H18O4/c1-3-15-11(13)8-9-6-5-7-10(9)12(14)16-4-2/h7,9H,3-6,8H2,1-2H3. The lowest BCUT2D eigenvalue weighted by Gasteiger charge is -2.12. The molecule has 0 aliphatic heterocycles. The molecule has 0 aromatic heterocycles. The Bertz CT molecular complexity index is 293. The number of hydrogen-bond acceptors (Lipinski definition) is 4. The Morgan fingerprint density at radius 3 is 2.62 bits per heavy atom. The summed E-state index contributed by atoms with van der Waals surface area (Å²) >= 11 is 0. The van der Waals surface area contributed by atoms with Crippen molar-refractivity contribution in [2.24, 2.45) is 5.92 Å². The molecule has 0 spiro atoms. The fourth-order valence-electron chi connectivity index (χ4n) is 1.86. The minimum Gasteiger partial charge on any atom is -0.466 e. The molecule has 4 nitrogen and oxygen atoms in total. The zero-order chi connectivity index (χ0) is 12.0. The van der Waals surface area contributed by atoms with Crippen LogP contribution in [0.3, 0.4) is 0 Å². The number of ether oxygens (including phenoxy) is 2. The van der Waals surface area contributed by atoms with Gasteiger partial charge >= 0.3 is 11.9 Å². The fraction of sp³-hybridized carbons (Fsp3) is 0.667. The van der Waals surface area contributed by atoms with Crippen molar-refractivity contribution in [3.05, 3.63) is 11.6 Å². The first-order valence-corrected chi connectivity index (χ1v) is 5.71. The molecule has 1 atom stereocenters. The molecule has 1 rings (SSSR count). The van der Waals surface area contributed by atoms with Crippen LogP contribution in [0.4, 0.5) is 0 Å². The summed E-state index contributed by atoms with van der Waals surface area (Å²) in [6, 6.07) is 0. The van der Waals surface area contributed by atoms with Crippen LogP contribution >= 0.6 is 0 Å². The van der Waals surface area contributed by atoms with Crippen LogP contribution in [0.15, 0.2) is 11.6 Å². The maximum atomic E-state index is 11.6. The van der Waals surface area contributed by atoms with E-state index < -0.39 is 0 Å². The predicted octanol–water partition coefficient (Wildman–Crippen LogP) is 1.84. The van der Waals surface area contributed by atoms with E-state index in [1.165, 1.54) is 0 Å². The predicted molar refractivity (Wildman–Crippen MR) is 58.7 cm³/mol. The van der Waals surface area contributed by atoms with Crippen LogP contribution in [0.25, 0.3) is 0 Å². The molecule has 0 amide bonds. The third kappa shape index (κ3) is 3.36. The molecule has 1 aliphatic rings. The molecule has 1 aliphatic carbocycles. The summed E-state index contributed by atoms with van der Waals surface area (Å²) < 4.78 is 9.81. The molecule has 0 aromatic carbocycles. The SMILES string of the molecule is CCOC(=O)CC1CCC=C1C(=O)OCC. The molecule has 16 heavy (non-hydrogen) atoms. The molecule has 4 heteroatoms. The fourth-order valence-corrected chi connectivity index (χ4v) is 1.86. The van der Waals surface area contributed by atoms with Crippen LogP contribution in [0, 0.1) is 5.92 Å². The van der Waals surface area contributed by atoms with Crippen molar-refractivity contribution in [2.45, 2.75) is 33.1 Å². The van der Waals surface area contributed by atoms with Crippen LogP contribution in [-0.4, -0.2) is 25.2 Å². The maximum Gasteiger partial charge on any atom is 0.333 e. The summed E-state index contributed by atoms with van der Waals surface area (Å²) in [5.41, 5.74) is 0.634. The summed E-state index contributed by atoms with van der Waals surface area (Å²) in [6.45, 7) is 4.29. The van der Waals surface area contributed by atoms with Gasteiger partial charge in [0, 0.05) is 11.5 Å². The van der Waals surface area contributed by atoms with E-state index >= 15 is 0 Å². The van der Waals surface area contributed by atoms with E-state index in [1.807, 2.05) is 6.08 Å². The van der Waals surface area contributed by atoms with Gasteiger partial charge in [-0.2, -0.15) is 0 Å². The molecule has 1 unspecified atom stereocenters. The monoisotopic (exact) mass is 226 g/mol. The van der Waals surface area contributed by atoms with Crippen molar-refractivity contribution >= 4 is 11.9 Å². The Balaban J connectivity index is 2.51. The lowest BCUT2D eigenvalue weighted by atomic mass is 9.98. The maximum absolute atomic E-state index is 11.6. The highest BCUT2D eigenvalue weighted by atomic mass is 16.5. The van der Waals surface area contributed by atoms with Crippen molar-refractivity contribution in [2.75, 3.05) is 13.2 Å². The number of hydrogen-bond donors (Lipinski definition) is 0. The van der Waals surface area contributed by atoms with Gasteiger partial charge in [-0.25, -0.2) is 4.79 Å². The molecule has 0 N–H and O–H groups in total. The Kier molecular flexibility index (Phi) is 5.02. The van der Waals surface area contributed by atoms with Crippen LogP contribution < -0.4 is 0 Å². The highest BCUT2D eigenvalue weighted by Crippen LogP contribution is 2.29. The van der Waals surface area contributed by atoms with Gasteiger partial charge in [0.2, 0.25) is 0 Å². The smallest absolute Gasteiger partial charge is 0.333 e. The van der Waals surface area contributed by atoms with Crippen molar-refractivity contribution in [3.63, 3.8) is 0 Å². The molecule has 0 saturated carbocycles. The normalized spacial score (nSPS) is 19.1. The van der Waals surface area contributed by atoms with E-state index in [9.17, 15) is 9.59 Å². The van der Waals surface area contributed by atoms with E-state index in [-0.39, 0.29) is 24.3 Å². The molecule has 0 heterocycles. The summed E-state index contributed by atoms with van der Waals surface area (Å²) in [5.74, 6) is -0.572. The number of carbonyl (C=O) groups is 2. The van der Waals surface area contributed by atoms with Gasteiger partial charge in [-0.1, -0.05) is 6.08 Å². The summed E-state index contributed by atoms with van der Waals surface area (Å²) in [4.78, 5) is 22.9. The van der Waals surface area contributed by atoms with E-state index in [4.69, 9.17) is 9.47 Å². The quantitative estimate of drug-likeness (QED) is 0.671. The van der Waals surface area contributed by atoms with Gasteiger partial charge in [-0.3, -0.25) is 4.79 Å². The minimum absolute atomic E-state index is 0.0295. The Hall–Kier alpha value is -1.32. The molecule has 0 saturated heterocycles. The van der Waals surface area contributed by atoms with Crippen molar-refractivity contribution in [1.82, 2.24) is 0 Å². The number of rotatable bonds is 5. The van der Waals surface area contributed by atoms with Gasteiger partial charge in [-0.15, -0.1) is 0 Å². The molecular weight excluding hydrogens is 208 g/mol. The first kappa shape index (κ1) is 12.7. The van der Waals surface area contributed by atoms with Crippen molar-refractivity contribution in [3.8, 4) is 0 Å². The van der Waals surface area contributed by atoms with Gasteiger partial charge in [0.25, 0.3) is 0 Å². The first-order valence-electron chi connectivity index (χ1n) is 5.71. The topological polar surface area (TPSA) is 52.6 Å². The number of esters is 2. The highest BCUT2D eigenvalue weighted by Gasteiger charge is 2.28. The van der Waals surface area contributed by atoms with E-state index in [1.54, 1.807) is 13.8 Å². The Morgan fingerprint density at radius 2 is 2.00 bits per heavy atom. The van der Waals surface area contributed by atoms with Crippen molar-refractivity contribution in [1.29, 1.82) is 0 Å². The summed E-state index contributed by atoms with van der Waals surface area (Å²) in [5, 5.41) is 0. The van der Waals surface area contributed by atoms with Crippen molar-refractivity contribution < 1.29 is 19.1 Å². The van der Waals surface area contributed by atoms with Crippen LogP contribution in [0.5, 0.6) is 0 Å². The molecule has 0 aromatic rings. The highest BCUT2D eigenvalue weighted by molar-refractivity contribution is 5.90. The van der Waals surface area contributed by atoms with Crippen LogP contribution in [-0.2, 0) is 19.1 Å². The molecule has 90 valence electrons. The molecule has 0 radical (unpaired) electrons. The van der Waals surface area contributed by atoms with Gasteiger partial charge in [0.05, 0.1) is 19.6 Å². The number of allylic oxidation sites excluding steroid dienone is 1. The first-order chi connectivity index (χ1) is 7.69. The zero-order valence-electron chi connectivity index (χ0n) is 9.82. The van der Waals surface area contributed by atoms with Crippen LogP contribution in [0.2, 0.25) is 0 Å². The summed E-state index contributed by atoms with van der Waals surface area (Å²) in [7, 11) is 0. The minimum atomic E-state index is -0.297. The second kappa shape index (κ2) is 6.30. The van der Waals surface area contributed by atoms with Gasteiger partial charge in [0.1, 0.15) is 0 Å². The van der Waals surface area contributed by atoms with Gasteiger partial charge < -0.3 is 9.47 Å². The second-order valence-electron chi connectivity index (χ2n) is 3.66. The third-order valence-corrected chi connectivity index (χ3v) is 2.55. The zero-order valence-corrected chi connectivity index (χ0v) is 9.82.